The van der Waals surface area contributed by atoms with Crippen LogP contribution in [0.1, 0.15) is 44.2 Å². The van der Waals surface area contributed by atoms with Gasteiger partial charge in [-0.05, 0) is 36.0 Å². The molecule has 1 rings (SSSR count). The van der Waals surface area contributed by atoms with E-state index in [4.69, 9.17) is 22.1 Å². The fraction of sp³-hybridized carbons (Fsp3) is 0.571. The minimum atomic E-state index is 0. The Labute approximate surface area is 121 Å². The predicted molar refractivity (Wildman–Crippen MR) is 81.3 cm³/mol. The molecule has 0 aromatic heterocycles. The van der Waals surface area contributed by atoms with Crippen molar-refractivity contribution < 1.29 is 4.74 Å². The second-order valence-electron chi connectivity index (χ2n) is 4.73. The van der Waals surface area contributed by atoms with Crippen LogP contribution in [-0.2, 0) is 6.42 Å². The monoisotopic (exact) mass is 291 g/mol. The first-order valence-electron chi connectivity index (χ1n) is 6.11. The van der Waals surface area contributed by atoms with Gasteiger partial charge in [-0.3, -0.25) is 0 Å². The number of rotatable bonds is 5. The van der Waals surface area contributed by atoms with Gasteiger partial charge >= 0.3 is 0 Å². The Bertz CT molecular complexity index is 380. The fourth-order valence-electron chi connectivity index (χ4n) is 1.88. The lowest BCUT2D eigenvalue weighted by Crippen LogP contribution is -2.21. The molecular formula is C14H23Cl2NO. The topological polar surface area (TPSA) is 35.2 Å². The van der Waals surface area contributed by atoms with E-state index in [9.17, 15) is 0 Å². The van der Waals surface area contributed by atoms with Gasteiger partial charge in [0.15, 0.2) is 0 Å². The minimum Gasteiger partial charge on any atom is -0.495 e. The van der Waals surface area contributed by atoms with E-state index >= 15 is 0 Å². The largest absolute Gasteiger partial charge is 0.495 e. The van der Waals surface area contributed by atoms with Crippen LogP contribution < -0.4 is 10.5 Å². The van der Waals surface area contributed by atoms with E-state index in [1.807, 2.05) is 6.07 Å². The van der Waals surface area contributed by atoms with Crippen LogP contribution in [0.3, 0.4) is 0 Å². The molecule has 1 atom stereocenters. The summed E-state index contributed by atoms with van der Waals surface area (Å²) in [4.78, 5) is 0. The zero-order chi connectivity index (χ0) is 13.0. The summed E-state index contributed by atoms with van der Waals surface area (Å²) in [5, 5.41) is 0.678. The molecule has 0 aliphatic rings. The Morgan fingerprint density at radius 3 is 2.39 bits per heavy atom. The maximum Gasteiger partial charge on any atom is 0.140 e. The Hall–Kier alpha value is -0.440. The van der Waals surface area contributed by atoms with Crippen molar-refractivity contribution in [3.05, 3.63) is 28.3 Å². The highest BCUT2D eigenvalue weighted by Crippen LogP contribution is 2.35. The first-order valence-corrected chi connectivity index (χ1v) is 6.49. The van der Waals surface area contributed by atoms with Crippen molar-refractivity contribution in [1.29, 1.82) is 0 Å². The molecule has 0 fully saturated rings. The molecule has 0 bridgehead atoms. The molecule has 104 valence electrons. The second kappa shape index (κ2) is 7.88. The number of ether oxygens (including phenoxy) is 1. The van der Waals surface area contributed by atoms with E-state index in [-0.39, 0.29) is 18.4 Å². The highest BCUT2D eigenvalue weighted by atomic mass is 35.5. The molecule has 0 amide bonds. The number of hydrogen-bond acceptors (Lipinski definition) is 2. The van der Waals surface area contributed by atoms with Gasteiger partial charge in [-0.15, -0.1) is 12.4 Å². The second-order valence-corrected chi connectivity index (χ2v) is 5.13. The first kappa shape index (κ1) is 17.6. The van der Waals surface area contributed by atoms with Gasteiger partial charge in [0.2, 0.25) is 0 Å². The normalized spacial score (nSPS) is 12.2. The highest BCUT2D eigenvalue weighted by molar-refractivity contribution is 6.32. The van der Waals surface area contributed by atoms with Crippen molar-refractivity contribution in [3.63, 3.8) is 0 Å². The van der Waals surface area contributed by atoms with Crippen molar-refractivity contribution >= 4 is 24.0 Å². The van der Waals surface area contributed by atoms with E-state index in [1.54, 1.807) is 7.11 Å². The molecule has 4 heteroatoms. The molecule has 0 aliphatic carbocycles. The lowest BCUT2D eigenvalue weighted by molar-refractivity contribution is 0.407. The fourth-order valence-corrected chi connectivity index (χ4v) is 2.21. The van der Waals surface area contributed by atoms with E-state index in [0.29, 0.717) is 10.9 Å². The van der Waals surface area contributed by atoms with Gasteiger partial charge in [-0.1, -0.05) is 38.4 Å². The van der Waals surface area contributed by atoms with Crippen molar-refractivity contribution in [2.45, 2.75) is 45.6 Å². The molecule has 0 aliphatic heterocycles. The third-order valence-corrected chi connectivity index (χ3v) is 3.26. The SMILES string of the molecule is CCC(N)Cc1cc(Cl)c(OC)c(C(C)C)c1.Cl. The number of nitrogens with two attached hydrogens (primary N) is 1. The number of benzene rings is 1. The number of methoxy groups -OCH3 is 1. The smallest absolute Gasteiger partial charge is 0.140 e. The summed E-state index contributed by atoms with van der Waals surface area (Å²) in [7, 11) is 1.66. The molecule has 0 radical (unpaired) electrons. The molecule has 1 unspecified atom stereocenters. The van der Waals surface area contributed by atoms with Crippen LogP contribution in [0.25, 0.3) is 0 Å². The Morgan fingerprint density at radius 2 is 1.94 bits per heavy atom. The van der Waals surface area contributed by atoms with Crippen molar-refractivity contribution in [3.8, 4) is 5.75 Å². The van der Waals surface area contributed by atoms with Gasteiger partial charge < -0.3 is 10.5 Å². The van der Waals surface area contributed by atoms with Crippen molar-refractivity contribution in [2.24, 2.45) is 5.73 Å². The maximum atomic E-state index is 6.24. The molecule has 0 spiro atoms. The molecule has 2 N–H and O–H groups in total. The summed E-state index contributed by atoms with van der Waals surface area (Å²) >= 11 is 6.24. The van der Waals surface area contributed by atoms with E-state index in [1.165, 1.54) is 5.56 Å². The third kappa shape index (κ3) is 4.34. The average Bonchev–Trinajstić information content (AvgIpc) is 2.28. The van der Waals surface area contributed by atoms with Crippen LogP contribution in [0.2, 0.25) is 5.02 Å². The summed E-state index contributed by atoms with van der Waals surface area (Å²) in [6, 6.07) is 4.31. The quantitative estimate of drug-likeness (QED) is 0.883. The minimum absolute atomic E-state index is 0. The molecular weight excluding hydrogens is 269 g/mol. The average molecular weight is 292 g/mol. The highest BCUT2D eigenvalue weighted by Gasteiger charge is 2.14. The third-order valence-electron chi connectivity index (χ3n) is 2.98. The van der Waals surface area contributed by atoms with Crippen LogP contribution in [0.5, 0.6) is 5.75 Å². The summed E-state index contributed by atoms with van der Waals surface area (Å²) < 4.78 is 5.36. The van der Waals surface area contributed by atoms with Gasteiger partial charge in [-0.2, -0.15) is 0 Å². The molecule has 2 nitrogen and oxygen atoms in total. The standard InChI is InChI=1S/C14H22ClNO.ClH/c1-5-11(16)6-10-7-12(9(2)3)14(17-4)13(15)8-10;/h7-9,11H,5-6,16H2,1-4H3;1H. The van der Waals surface area contributed by atoms with Crippen LogP contribution in [0, 0.1) is 0 Å². The maximum absolute atomic E-state index is 6.24. The van der Waals surface area contributed by atoms with Gasteiger partial charge in [0.1, 0.15) is 5.75 Å². The van der Waals surface area contributed by atoms with Crippen LogP contribution in [0.15, 0.2) is 12.1 Å². The Kier molecular flexibility index (Phi) is 7.69. The zero-order valence-electron chi connectivity index (χ0n) is 11.5. The summed E-state index contributed by atoms with van der Waals surface area (Å²) in [6.07, 6.45) is 1.83. The Balaban J connectivity index is 0.00000289. The van der Waals surface area contributed by atoms with Crippen LogP contribution in [-0.4, -0.2) is 13.2 Å². The zero-order valence-corrected chi connectivity index (χ0v) is 13.1. The van der Waals surface area contributed by atoms with Crippen LogP contribution in [0.4, 0.5) is 0 Å². The first-order chi connectivity index (χ1) is 7.99. The van der Waals surface area contributed by atoms with Crippen molar-refractivity contribution in [2.75, 3.05) is 7.11 Å². The predicted octanol–water partition coefficient (Wildman–Crippen LogP) is 4.17. The molecule has 0 heterocycles. The molecule has 18 heavy (non-hydrogen) atoms. The van der Waals surface area contributed by atoms with E-state index in [0.717, 1.165) is 24.2 Å². The summed E-state index contributed by atoms with van der Waals surface area (Å²) in [6.45, 7) is 6.37. The van der Waals surface area contributed by atoms with Crippen LogP contribution >= 0.6 is 24.0 Å². The lowest BCUT2D eigenvalue weighted by atomic mass is 9.96. The van der Waals surface area contributed by atoms with Gasteiger partial charge in [0.25, 0.3) is 0 Å². The van der Waals surface area contributed by atoms with Gasteiger partial charge in [0, 0.05) is 6.04 Å². The Morgan fingerprint density at radius 1 is 1.33 bits per heavy atom. The number of halogens is 2. The van der Waals surface area contributed by atoms with E-state index < -0.39 is 0 Å². The lowest BCUT2D eigenvalue weighted by Gasteiger charge is -2.17. The molecule has 0 saturated heterocycles. The van der Waals surface area contributed by atoms with Gasteiger partial charge in [-0.25, -0.2) is 0 Å². The molecule has 0 saturated carbocycles. The molecule has 1 aromatic carbocycles. The van der Waals surface area contributed by atoms with E-state index in [2.05, 4.69) is 26.8 Å². The van der Waals surface area contributed by atoms with Gasteiger partial charge in [0.05, 0.1) is 12.1 Å². The summed E-state index contributed by atoms with van der Waals surface area (Å²) in [5.41, 5.74) is 8.32. The summed E-state index contributed by atoms with van der Waals surface area (Å²) in [5.74, 6) is 1.18. The number of hydrogen-bond donors (Lipinski definition) is 1. The van der Waals surface area contributed by atoms with Crippen molar-refractivity contribution in [1.82, 2.24) is 0 Å². The molecule has 1 aromatic rings.